The molecule has 8 N–H and O–H groups in total. The first-order valence-corrected chi connectivity index (χ1v) is 14.2. The van der Waals surface area contributed by atoms with Crippen LogP contribution in [0.1, 0.15) is 48.0 Å². The molecule has 1 heterocycles. The average molecular weight is 642 g/mol. The maximum Gasteiger partial charge on any atom is 0.328 e. The molecule has 2 rings (SSSR count). The second-order valence-corrected chi connectivity index (χ2v) is 12.6. The lowest BCUT2D eigenvalue weighted by atomic mass is 9.86. The fraction of sp³-hybridized carbons (Fsp3) is 0.567. The van der Waals surface area contributed by atoms with Crippen LogP contribution in [-0.2, 0) is 24.0 Å². The molecule has 45 heavy (non-hydrogen) atoms. The number of rotatable bonds is 13. The van der Waals surface area contributed by atoms with Crippen LogP contribution in [0.25, 0.3) is 0 Å². The Morgan fingerprint density at radius 2 is 1.67 bits per heavy atom. The van der Waals surface area contributed by atoms with Crippen molar-refractivity contribution in [2.75, 3.05) is 31.1 Å². The lowest BCUT2D eigenvalue weighted by Crippen LogP contribution is -2.64. The number of anilines is 1. The molecule has 13 nitrogen and oxygen atoms in total. The topological polar surface area (TPSA) is 217 Å². The van der Waals surface area contributed by atoms with Gasteiger partial charge in [-0.15, -0.1) is 0 Å². The number of nitrogens with two attached hydrogens (primary N) is 2. The van der Waals surface area contributed by atoms with E-state index in [1.807, 2.05) is 27.7 Å². The maximum absolute atomic E-state index is 14.3. The molecule has 3 atom stereocenters. The van der Waals surface area contributed by atoms with Gasteiger partial charge in [-0.3, -0.25) is 19.3 Å². The van der Waals surface area contributed by atoms with Crippen LogP contribution >= 0.6 is 0 Å². The third-order valence-corrected chi connectivity index (χ3v) is 7.53. The van der Waals surface area contributed by atoms with E-state index in [1.165, 1.54) is 4.90 Å². The molecular formula is C30H45F2N5O8. The van der Waals surface area contributed by atoms with Gasteiger partial charge in [0.15, 0.2) is 0 Å². The summed E-state index contributed by atoms with van der Waals surface area (Å²) in [6.45, 7) is 10.9. The van der Waals surface area contributed by atoms with E-state index in [1.54, 1.807) is 18.7 Å². The molecule has 1 aliphatic rings. The molecule has 0 aliphatic carbocycles. The summed E-state index contributed by atoms with van der Waals surface area (Å²) in [5, 5.41) is 29.2. The van der Waals surface area contributed by atoms with Crippen LogP contribution in [-0.4, -0.2) is 93.7 Å². The summed E-state index contributed by atoms with van der Waals surface area (Å²) in [4.78, 5) is 59.4. The first kappa shape index (κ1) is 39.1. The molecular weight excluding hydrogens is 596 g/mol. The Bertz CT molecular complexity index is 1250. The van der Waals surface area contributed by atoms with E-state index in [4.69, 9.17) is 21.7 Å². The first-order chi connectivity index (χ1) is 20.6. The first-order valence-electron chi connectivity index (χ1n) is 14.2. The van der Waals surface area contributed by atoms with E-state index in [9.17, 15) is 37.9 Å². The van der Waals surface area contributed by atoms with Crippen molar-refractivity contribution in [2.45, 2.75) is 65.6 Å². The minimum absolute atomic E-state index is 0.0685. The molecule has 1 aromatic rings. The number of halogens is 2. The molecule has 1 aliphatic heterocycles. The predicted octanol–water partition coefficient (Wildman–Crippen LogP) is 1.08. The van der Waals surface area contributed by atoms with Crippen molar-refractivity contribution < 1.29 is 48.1 Å². The monoisotopic (exact) mass is 641 g/mol. The highest BCUT2D eigenvalue weighted by atomic mass is 19.1. The van der Waals surface area contributed by atoms with E-state index in [0.29, 0.717) is 12.2 Å². The number of primary amides is 1. The molecule has 0 unspecified atom stereocenters. The number of aliphatic hydroxyl groups excluding tert-OH is 1. The second kappa shape index (κ2) is 16.4. The number of piperazine rings is 1. The number of nitrogens with zero attached hydrogens (tertiary/aromatic N) is 2. The fourth-order valence-corrected chi connectivity index (χ4v) is 4.42. The van der Waals surface area contributed by atoms with Gasteiger partial charge in [0.2, 0.25) is 17.7 Å². The highest BCUT2D eigenvalue weighted by molar-refractivity contribution is 5.96. The Balaban J connectivity index is 0.00000111. The van der Waals surface area contributed by atoms with Crippen molar-refractivity contribution in [1.29, 1.82) is 0 Å². The number of hydrogen-bond acceptors (Lipinski definition) is 8. The summed E-state index contributed by atoms with van der Waals surface area (Å²) in [5.74, 6) is -5.78. The normalized spacial score (nSPS) is 17.3. The minimum Gasteiger partial charge on any atom is -0.478 e. The predicted molar refractivity (Wildman–Crippen MR) is 162 cm³/mol. The zero-order valence-electron chi connectivity index (χ0n) is 26.4. The minimum atomic E-state index is -1.26. The third kappa shape index (κ3) is 12.2. The van der Waals surface area contributed by atoms with Gasteiger partial charge in [0.05, 0.1) is 23.8 Å². The largest absolute Gasteiger partial charge is 0.478 e. The lowest BCUT2D eigenvalue weighted by molar-refractivity contribution is -0.134. The van der Waals surface area contributed by atoms with Crippen molar-refractivity contribution in [3.05, 3.63) is 42.0 Å². The molecule has 0 aromatic heterocycles. The van der Waals surface area contributed by atoms with Gasteiger partial charge in [0.25, 0.3) is 0 Å². The Morgan fingerprint density at radius 3 is 2.16 bits per heavy atom. The second-order valence-electron chi connectivity index (χ2n) is 12.6. The zero-order chi connectivity index (χ0) is 34.9. The molecule has 1 fully saturated rings. The van der Waals surface area contributed by atoms with E-state index < -0.39 is 64.4 Å². The van der Waals surface area contributed by atoms with Gasteiger partial charge in [-0.2, -0.15) is 0 Å². The number of hydrogen-bond donors (Lipinski definition) is 6. The molecule has 0 radical (unpaired) electrons. The van der Waals surface area contributed by atoms with Crippen molar-refractivity contribution in [3.63, 3.8) is 0 Å². The van der Waals surface area contributed by atoms with Gasteiger partial charge in [-0.05, 0) is 52.2 Å². The SMILES string of the molecule is CC(C)[C@H](C[C@H](O)[C@@H](N)CN1CC(=O)N(c2cc(F)ccc2F)CC1(C)C)C(=O)NCC(C)(C)C(N)=O.O=C(O)/C=C/C(=O)O. The lowest BCUT2D eigenvalue weighted by Gasteiger charge is -2.47. The smallest absolute Gasteiger partial charge is 0.328 e. The molecule has 1 saturated heterocycles. The van der Waals surface area contributed by atoms with Crippen molar-refractivity contribution in [1.82, 2.24) is 10.2 Å². The standard InChI is InChI=1S/C26H41F2N5O4.C4H4O4/c1-15(2)17(23(36)31-13-25(3,4)24(30)37)10-21(34)19(29)11-32-12-22(35)33(14-26(32,5)6)20-9-16(27)7-8-18(20)28;5-3(6)1-2-4(7)8/h7-9,15,17,19,21,34H,10-14,29H2,1-6H3,(H2,30,37)(H,31,36);1-2H,(H,5,6)(H,7,8)/b;2-1+/t17-,19-,21-;/m0./s1. The van der Waals surface area contributed by atoms with Crippen LogP contribution < -0.4 is 21.7 Å². The molecule has 0 saturated carbocycles. The van der Waals surface area contributed by atoms with Crippen LogP contribution in [0.5, 0.6) is 0 Å². The number of carboxylic acids is 2. The zero-order valence-corrected chi connectivity index (χ0v) is 26.4. The molecule has 1 aromatic carbocycles. The maximum atomic E-state index is 14.3. The Morgan fingerprint density at radius 1 is 1.11 bits per heavy atom. The highest BCUT2D eigenvalue weighted by Gasteiger charge is 2.41. The molecule has 0 spiro atoms. The van der Waals surface area contributed by atoms with E-state index in [0.717, 1.165) is 18.2 Å². The van der Waals surface area contributed by atoms with Crippen molar-refractivity contribution in [2.24, 2.45) is 28.7 Å². The van der Waals surface area contributed by atoms with E-state index in [-0.39, 0.29) is 50.1 Å². The Hall–Kier alpha value is -3.95. The van der Waals surface area contributed by atoms with Crippen molar-refractivity contribution >= 4 is 35.3 Å². The van der Waals surface area contributed by atoms with E-state index >= 15 is 0 Å². The summed E-state index contributed by atoms with van der Waals surface area (Å²) in [6.07, 6.45) is 0.154. The van der Waals surface area contributed by atoms with Crippen LogP contribution in [0.15, 0.2) is 30.4 Å². The number of carbonyl (C=O) groups is 5. The number of carboxylic acid groups (broad SMARTS) is 2. The highest BCUT2D eigenvalue weighted by Crippen LogP contribution is 2.29. The third-order valence-electron chi connectivity index (χ3n) is 7.53. The molecule has 3 amide bonds. The number of carbonyl (C=O) groups excluding carboxylic acids is 3. The van der Waals surface area contributed by atoms with Gasteiger partial charge >= 0.3 is 11.9 Å². The van der Waals surface area contributed by atoms with Gasteiger partial charge in [-0.25, -0.2) is 18.4 Å². The van der Waals surface area contributed by atoms with E-state index in [2.05, 4.69) is 5.32 Å². The fourth-order valence-electron chi connectivity index (χ4n) is 4.42. The molecule has 15 heteroatoms. The van der Waals surface area contributed by atoms with Gasteiger partial charge in [-0.1, -0.05) is 13.8 Å². The number of nitrogens with one attached hydrogen (secondary N) is 1. The number of benzene rings is 1. The van der Waals surface area contributed by atoms with Gasteiger partial charge in [0.1, 0.15) is 11.6 Å². The number of aliphatic carboxylic acids is 2. The molecule has 0 bridgehead atoms. The average Bonchev–Trinajstić information content (AvgIpc) is 2.92. The number of amides is 3. The summed E-state index contributed by atoms with van der Waals surface area (Å²) in [6, 6.07) is 2.20. The summed E-state index contributed by atoms with van der Waals surface area (Å²) in [7, 11) is 0. The Labute approximate surface area is 261 Å². The summed E-state index contributed by atoms with van der Waals surface area (Å²) < 4.78 is 28.0. The van der Waals surface area contributed by atoms with Crippen molar-refractivity contribution in [3.8, 4) is 0 Å². The quantitative estimate of drug-likeness (QED) is 0.168. The summed E-state index contributed by atoms with van der Waals surface area (Å²) >= 11 is 0. The Kier molecular flexibility index (Phi) is 14.2. The van der Waals surface area contributed by atoms with Gasteiger partial charge in [0, 0.05) is 55.4 Å². The number of aliphatic hydroxyl groups is 1. The van der Waals surface area contributed by atoms with Gasteiger partial charge < -0.3 is 37.0 Å². The van der Waals surface area contributed by atoms with Crippen LogP contribution in [0.2, 0.25) is 0 Å². The van der Waals surface area contributed by atoms with Crippen LogP contribution in [0, 0.1) is 28.9 Å². The van der Waals surface area contributed by atoms with Crippen LogP contribution in [0.3, 0.4) is 0 Å². The van der Waals surface area contributed by atoms with Crippen LogP contribution in [0.4, 0.5) is 14.5 Å². The molecule has 252 valence electrons. The summed E-state index contributed by atoms with van der Waals surface area (Å²) in [5.41, 5.74) is 10.0.